The summed E-state index contributed by atoms with van der Waals surface area (Å²) in [4.78, 5) is 13.8. The highest BCUT2D eigenvalue weighted by atomic mass is 79.9. The summed E-state index contributed by atoms with van der Waals surface area (Å²) in [5, 5.41) is 9.52. The number of benzene rings is 1. The Labute approximate surface area is 136 Å². The van der Waals surface area contributed by atoms with Crippen LogP contribution in [-0.2, 0) is 11.3 Å². The molecule has 5 heteroatoms. The fraction of sp³-hybridized carbons (Fsp3) is 0.533. The van der Waals surface area contributed by atoms with Crippen LogP contribution in [0.5, 0.6) is 0 Å². The van der Waals surface area contributed by atoms with E-state index in [9.17, 15) is 9.90 Å². The molecule has 0 bridgehead atoms. The van der Waals surface area contributed by atoms with Crippen LogP contribution in [0.25, 0.3) is 0 Å². The Morgan fingerprint density at radius 1 is 1.40 bits per heavy atom. The highest BCUT2D eigenvalue weighted by Crippen LogP contribution is 2.36. The molecular formula is C15H19Br2NO2. The van der Waals surface area contributed by atoms with E-state index in [0.717, 1.165) is 41.3 Å². The molecular weight excluding hydrogens is 386 g/mol. The number of likely N-dealkylation sites (tertiary alicyclic amines) is 1. The number of carboxylic acid groups (broad SMARTS) is 1. The highest BCUT2D eigenvalue weighted by molar-refractivity contribution is 9.13. The van der Waals surface area contributed by atoms with E-state index in [4.69, 9.17) is 0 Å². The minimum Gasteiger partial charge on any atom is -0.481 e. The van der Waals surface area contributed by atoms with Gasteiger partial charge in [0.2, 0.25) is 0 Å². The molecule has 2 rings (SSSR count). The van der Waals surface area contributed by atoms with Gasteiger partial charge in [0.1, 0.15) is 0 Å². The quantitative estimate of drug-likeness (QED) is 0.795. The maximum Gasteiger partial charge on any atom is 0.310 e. The summed E-state index contributed by atoms with van der Waals surface area (Å²) < 4.78 is 2.07. The molecule has 0 aromatic heterocycles. The van der Waals surface area contributed by atoms with E-state index in [1.165, 1.54) is 5.56 Å². The first-order valence-corrected chi connectivity index (χ1v) is 8.45. The van der Waals surface area contributed by atoms with Gasteiger partial charge in [0.15, 0.2) is 0 Å². The van der Waals surface area contributed by atoms with E-state index in [1.54, 1.807) is 0 Å². The lowest BCUT2D eigenvalue weighted by atomic mass is 9.83. The van der Waals surface area contributed by atoms with Crippen molar-refractivity contribution in [3.05, 3.63) is 32.7 Å². The maximum absolute atomic E-state index is 11.6. The van der Waals surface area contributed by atoms with Gasteiger partial charge >= 0.3 is 5.97 Å². The Balaban J connectivity index is 2.05. The molecule has 0 aliphatic carbocycles. The molecule has 1 heterocycles. The Kier molecular flexibility index (Phi) is 5.26. The second-order valence-corrected chi connectivity index (χ2v) is 7.25. The molecule has 1 aromatic carbocycles. The lowest BCUT2D eigenvalue weighted by molar-refractivity contribution is -0.148. The zero-order valence-corrected chi connectivity index (χ0v) is 14.7. The van der Waals surface area contributed by atoms with Crippen LogP contribution in [0.4, 0.5) is 0 Å². The molecule has 20 heavy (non-hydrogen) atoms. The number of aliphatic carboxylic acids is 1. The smallest absolute Gasteiger partial charge is 0.310 e. The van der Waals surface area contributed by atoms with Crippen molar-refractivity contribution in [3.63, 3.8) is 0 Å². The monoisotopic (exact) mass is 403 g/mol. The summed E-state index contributed by atoms with van der Waals surface area (Å²) in [5.41, 5.74) is 0.666. The topological polar surface area (TPSA) is 40.5 Å². The summed E-state index contributed by atoms with van der Waals surface area (Å²) in [5.74, 6) is -0.640. The van der Waals surface area contributed by atoms with Gasteiger partial charge in [-0.1, -0.05) is 19.4 Å². The second-order valence-electron chi connectivity index (χ2n) is 5.54. The predicted molar refractivity (Wildman–Crippen MR) is 86.7 cm³/mol. The molecule has 0 saturated carbocycles. The molecule has 0 amide bonds. The van der Waals surface area contributed by atoms with Crippen LogP contribution in [0.2, 0.25) is 0 Å². The van der Waals surface area contributed by atoms with E-state index in [0.29, 0.717) is 6.54 Å². The number of rotatable bonds is 5. The van der Waals surface area contributed by atoms with Gasteiger partial charge in [-0.25, -0.2) is 0 Å². The minimum atomic E-state index is -0.640. The summed E-state index contributed by atoms with van der Waals surface area (Å²) in [6.07, 6.45) is 2.45. The third kappa shape index (κ3) is 3.43. The number of hydrogen-bond donors (Lipinski definition) is 1. The van der Waals surface area contributed by atoms with Crippen LogP contribution in [-0.4, -0.2) is 29.1 Å². The van der Waals surface area contributed by atoms with Gasteiger partial charge in [0, 0.05) is 22.0 Å². The zero-order chi connectivity index (χ0) is 14.8. The Morgan fingerprint density at radius 2 is 2.15 bits per heavy atom. The molecule has 1 aliphatic rings. The van der Waals surface area contributed by atoms with Crippen LogP contribution in [0, 0.1) is 5.41 Å². The van der Waals surface area contributed by atoms with Crippen LogP contribution in [0.1, 0.15) is 31.7 Å². The first kappa shape index (κ1) is 16.0. The molecule has 1 unspecified atom stereocenters. The molecule has 1 atom stereocenters. The molecule has 0 spiro atoms. The Morgan fingerprint density at radius 3 is 2.75 bits per heavy atom. The SMILES string of the molecule is CCCC1(C(=O)O)CCN(Cc2ccc(Br)c(Br)c2)C1. The van der Waals surface area contributed by atoms with E-state index < -0.39 is 11.4 Å². The average Bonchev–Trinajstić information content (AvgIpc) is 2.79. The standard InChI is InChI=1S/C15H19Br2NO2/c1-2-5-15(14(19)20)6-7-18(10-15)9-11-3-4-12(16)13(17)8-11/h3-4,8H,2,5-7,9-10H2,1H3,(H,19,20). The lowest BCUT2D eigenvalue weighted by Gasteiger charge is -2.24. The van der Waals surface area contributed by atoms with Crippen molar-refractivity contribution in [1.29, 1.82) is 0 Å². The fourth-order valence-electron chi connectivity index (χ4n) is 2.95. The molecule has 1 fully saturated rings. The summed E-state index contributed by atoms with van der Waals surface area (Å²) in [6.45, 7) is 4.38. The molecule has 0 radical (unpaired) electrons. The van der Waals surface area contributed by atoms with Crippen molar-refractivity contribution in [1.82, 2.24) is 4.90 Å². The number of nitrogens with zero attached hydrogens (tertiary/aromatic N) is 1. The van der Waals surface area contributed by atoms with Crippen LogP contribution in [0.15, 0.2) is 27.1 Å². The molecule has 110 valence electrons. The van der Waals surface area contributed by atoms with E-state index in [-0.39, 0.29) is 0 Å². The third-order valence-electron chi connectivity index (χ3n) is 4.01. The normalized spacial score (nSPS) is 23.1. The van der Waals surface area contributed by atoms with Gasteiger partial charge in [0.05, 0.1) is 5.41 Å². The van der Waals surface area contributed by atoms with Gasteiger partial charge in [-0.15, -0.1) is 0 Å². The lowest BCUT2D eigenvalue weighted by Crippen LogP contribution is -2.34. The second kappa shape index (κ2) is 6.58. The van der Waals surface area contributed by atoms with Crippen molar-refractivity contribution in [3.8, 4) is 0 Å². The van der Waals surface area contributed by atoms with Crippen molar-refractivity contribution in [2.75, 3.05) is 13.1 Å². The van der Waals surface area contributed by atoms with E-state index in [2.05, 4.69) is 55.8 Å². The van der Waals surface area contributed by atoms with Gasteiger partial charge in [-0.3, -0.25) is 9.69 Å². The molecule has 1 aliphatic heterocycles. The van der Waals surface area contributed by atoms with Crippen molar-refractivity contribution in [2.24, 2.45) is 5.41 Å². The molecule has 1 saturated heterocycles. The number of carbonyl (C=O) groups is 1. The largest absolute Gasteiger partial charge is 0.481 e. The van der Waals surface area contributed by atoms with Crippen LogP contribution in [0.3, 0.4) is 0 Å². The zero-order valence-electron chi connectivity index (χ0n) is 11.5. The third-order valence-corrected chi connectivity index (χ3v) is 5.88. The van der Waals surface area contributed by atoms with Crippen molar-refractivity contribution >= 4 is 37.8 Å². The summed E-state index contributed by atoms with van der Waals surface area (Å²) in [7, 11) is 0. The Hall–Kier alpha value is -0.390. The van der Waals surface area contributed by atoms with Crippen LogP contribution >= 0.6 is 31.9 Å². The predicted octanol–water partition coefficient (Wildman–Crippen LogP) is 4.29. The summed E-state index contributed by atoms with van der Waals surface area (Å²) in [6, 6.07) is 6.19. The number of carboxylic acids is 1. The first-order chi connectivity index (χ1) is 9.47. The highest BCUT2D eigenvalue weighted by Gasteiger charge is 2.43. The minimum absolute atomic E-state index is 0.540. The summed E-state index contributed by atoms with van der Waals surface area (Å²) >= 11 is 6.97. The number of hydrogen-bond acceptors (Lipinski definition) is 2. The van der Waals surface area contributed by atoms with Gasteiger partial charge in [0.25, 0.3) is 0 Å². The Bertz CT molecular complexity index is 507. The maximum atomic E-state index is 11.6. The molecule has 1 aromatic rings. The van der Waals surface area contributed by atoms with E-state index in [1.807, 2.05) is 6.07 Å². The van der Waals surface area contributed by atoms with Gasteiger partial charge in [-0.05, 0) is 68.9 Å². The number of halogens is 2. The fourth-order valence-corrected chi connectivity index (χ4v) is 3.63. The van der Waals surface area contributed by atoms with Crippen molar-refractivity contribution < 1.29 is 9.90 Å². The average molecular weight is 405 g/mol. The van der Waals surface area contributed by atoms with E-state index >= 15 is 0 Å². The van der Waals surface area contributed by atoms with Crippen LogP contribution < -0.4 is 0 Å². The molecule has 1 N–H and O–H groups in total. The van der Waals surface area contributed by atoms with Crippen molar-refractivity contribution in [2.45, 2.75) is 32.7 Å². The molecule has 3 nitrogen and oxygen atoms in total. The first-order valence-electron chi connectivity index (χ1n) is 6.86. The van der Waals surface area contributed by atoms with Gasteiger partial charge in [-0.2, -0.15) is 0 Å². The van der Waals surface area contributed by atoms with Gasteiger partial charge < -0.3 is 5.11 Å².